The fraction of sp³-hybridized carbons (Fsp3) is 0.647. The largest absolute Gasteiger partial charge is 0.394 e. The summed E-state index contributed by atoms with van der Waals surface area (Å²) in [5.74, 6) is 0. The minimum absolute atomic E-state index is 0.0671. The number of morpholine rings is 1. The van der Waals surface area contributed by atoms with Gasteiger partial charge in [-0.25, -0.2) is 0 Å². The molecule has 1 aromatic rings. The number of aliphatic hydroxyl groups excluding tert-OH is 1. The van der Waals surface area contributed by atoms with Gasteiger partial charge in [-0.2, -0.15) is 0 Å². The average Bonchev–Trinajstić information content (AvgIpc) is 2.53. The fourth-order valence-corrected chi connectivity index (χ4v) is 2.73. The Morgan fingerprint density at radius 1 is 1.38 bits per heavy atom. The first-order chi connectivity index (χ1) is 10.0. The first-order valence-electron chi connectivity index (χ1n) is 7.82. The van der Waals surface area contributed by atoms with Gasteiger partial charge in [-0.1, -0.05) is 30.3 Å². The van der Waals surface area contributed by atoms with Crippen LogP contribution in [0.1, 0.15) is 26.3 Å². The predicted molar refractivity (Wildman–Crippen MR) is 85.3 cm³/mol. The predicted octanol–water partition coefficient (Wildman–Crippen LogP) is 1.59. The Labute approximate surface area is 128 Å². The van der Waals surface area contributed by atoms with Crippen LogP contribution in [0.15, 0.2) is 30.3 Å². The van der Waals surface area contributed by atoms with Gasteiger partial charge in [0.15, 0.2) is 0 Å². The third-order valence-corrected chi connectivity index (χ3v) is 4.35. The van der Waals surface area contributed by atoms with Gasteiger partial charge in [0.1, 0.15) is 0 Å². The molecule has 2 atom stereocenters. The quantitative estimate of drug-likeness (QED) is 0.836. The Kier molecular flexibility index (Phi) is 5.76. The second-order valence-corrected chi connectivity index (χ2v) is 6.32. The number of aliphatic hydroxyl groups is 1. The standard InChI is InChI=1S/C17H28N2O2/c1-14(2)19-9-10-21-16(12-19)11-18-17(3,13-20)15-7-5-4-6-8-15/h4-8,14,16,18,20H,9-13H2,1-3H3. The molecule has 4 nitrogen and oxygen atoms in total. The highest BCUT2D eigenvalue weighted by Gasteiger charge is 2.28. The summed E-state index contributed by atoms with van der Waals surface area (Å²) in [7, 11) is 0. The first kappa shape index (κ1) is 16.4. The maximum Gasteiger partial charge on any atom is 0.0827 e. The molecular weight excluding hydrogens is 264 g/mol. The molecule has 0 aliphatic carbocycles. The molecule has 21 heavy (non-hydrogen) atoms. The van der Waals surface area contributed by atoms with E-state index in [0.717, 1.165) is 31.8 Å². The summed E-state index contributed by atoms with van der Waals surface area (Å²) < 4.78 is 5.85. The lowest BCUT2D eigenvalue weighted by Gasteiger charge is -2.38. The van der Waals surface area contributed by atoms with E-state index in [9.17, 15) is 5.11 Å². The van der Waals surface area contributed by atoms with E-state index in [2.05, 4.69) is 24.1 Å². The Morgan fingerprint density at radius 3 is 2.71 bits per heavy atom. The lowest BCUT2D eigenvalue weighted by molar-refractivity contribution is -0.0412. The molecule has 1 fully saturated rings. The van der Waals surface area contributed by atoms with Crippen molar-refractivity contribution in [2.24, 2.45) is 0 Å². The number of benzene rings is 1. The van der Waals surface area contributed by atoms with Crippen LogP contribution in [0.4, 0.5) is 0 Å². The van der Waals surface area contributed by atoms with E-state index < -0.39 is 5.54 Å². The number of hydrogen-bond acceptors (Lipinski definition) is 4. The molecule has 0 spiro atoms. The van der Waals surface area contributed by atoms with Gasteiger partial charge in [-0.05, 0) is 26.3 Å². The van der Waals surface area contributed by atoms with Crippen molar-refractivity contribution in [3.05, 3.63) is 35.9 Å². The smallest absolute Gasteiger partial charge is 0.0827 e. The molecular formula is C17H28N2O2. The normalized spacial score (nSPS) is 23.2. The third kappa shape index (κ3) is 4.27. The van der Waals surface area contributed by atoms with Crippen LogP contribution < -0.4 is 5.32 Å². The first-order valence-corrected chi connectivity index (χ1v) is 7.82. The third-order valence-electron chi connectivity index (χ3n) is 4.35. The minimum Gasteiger partial charge on any atom is -0.394 e. The Bertz CT molecular complexity index is 424. The minimum atomic E-state index is -0.426. The van der Waals surface area contributed by atoms with Crippen LogP contribution >= 0.6 is 0 Å². The van der Waals surface area contributed by atoms with Crippen LogP contribution in [0.25, 0.3) is 0 Å². The SMILES string of the molecule is CC(C)N1CCOC(CNC(C)(CO)c2ccccc2)C1. The van der Waals surface area contributed by atoms with Gasteiger partial charge in [0, 0.05) is 25.7 Å². The fourth-order valence-electron chi connectivity index (χ4n) is 2.73. The summed E-state index contributed by atoms with van der Waals surface area (Å²) in [6, 6.07) is 10.6. The van der Waals surface area contributed by atoms with E-state index in [4.69, 9.17) is 4.74 Å². The average molecular weight is 292 g/mol. The molecule has 2 unspecified atom stereocenters. The number of ether oxygens (including phenoxy) is 1. The maximum atomic E-state index is 9.79. The van der Waals surface area contributed by atoms with E-state index in [1.807, 2.05) is 37.3 Å². The van der Waals surface area contributed by atoms with Gasteiger partial charge < -0.3 is 15.2 Å². The van der Waals surface area contributed by atoms with Gasteiger partial charge in [0.05, 0.1) is 24.9 Å². The van der Waals surface area contributed by atoms with E-state index in [-0.39, 0.29) is 12.7 Å². The van der Waals surface area contributed by atoms with Crippen molar-refractivity contribution < 1.29 is 9.84 Å². The van der Waals surface area contributed by atoms with Crippen molar-refractivity contribution >= 4 is 0 Å². The Balaban J connectivity index is 1.94. The van der Waals surface area contributed by atoms with Crippen molar-refractivity contribution in [2.75, 3.05) is 32.8 Å². The van der Waals surface area contributed by atoms with Crippen LogP contribution in [-0.4, -0.2) is 55.0 Å². The maximum absolute atomic E-state index is 9.79. The molecule has 1 heterocycles. The van der Waals surface area contributed by atoms with Gasteiger partial charge in [-0.15, -0.1) is 0 Å². The highest BCUT2D eigenvalue weighted by Crippen LogP contribution is 2.20. The van der Waals surface area contributed by atoms with Crippen LogP contribution in [0.3, 0.4) is 0 Å². The molecule has 2 N–H and O–H groups in total. The molecule has 1 aromatic carbocycles. The van der Waals surface area contributed by atoms with Gasteiger partial charge >= 0.3 is 0 Å². The van der Waals surface area contributed by atoms with Crippen molar-refractivity contribution in [3.8, 4) is 0 Å². The lowest BCUT2D eigenvalue weighted by Crippen LogP contribution is -2.53. The second kappa shape index (κ2) is 7.36. The summed E-state index contributed by atoms with van der Waals surface area (Å²) in [5, 5.41) is 13.3. The molecule has 2 rings (SSSR count). The van der Waals surface area contributed by atoms with Crippen molar-refractivity contribution in [1.29, 1.82) is 0 Å². The summed E-state index contributed by atoms with van der Waals surface area (Å²) in [4.78, 5) is 2.44. The number of hydrogen-bond donors (Lipinski definition) is 2. The van der Waals surface area contributed by atoms with Crippen LogP contribution in [0.5, 0.6) is 0 Å². The van der Waals surface area contributed by atoms with Crippen LogP contribution in [0.2, 0.25) is 0 Å². The molecule has 1 saturated heterocycles. The lowest BCUT2D eigenvalue weighted by atomic mass is 9.92. The van der Waals surface area contributed by atoms with Crippen LogP contribution in [-0.2, 0) is 10.3 Å². The van der Waals surface area contributed by atoms with Crippen molar-refractivity contribution in [1.82, 2.24) is 10.2 Å². The zero-order valence-corrected chi connectivity index (χ0v) is 13.4. The molecule has 118 valence electrons. The van der Waals surface area contributed by atoms with E-state index in [0.29, 0.717) is 6.04 Å². The zero-order valence-electron chi connectivity index (χ0n) is 13.4. The monoisotopic (exact) mass is 292 g/mol. The second-order valence-electron chi connectivity index (χ2n) is 6.32. The van der Waals surface area contributed by atoms with E-state index >= 15 is 0 Å². The summed E-state index contributed by atoms with van der Waals surface area (Å²) in [6.45, 7) is 10.0. The number of nitrogens with one attached hydrogen (secondary N) is 1. The highest BCUT2D eigenvalue weighted by atomic mass is 16.5. The Hall–Kier alpha value is -0.940. The zero-order chi connectivity index (χ0) is 15.3. The number of rotatable bonds is 6. The van der Waals surface area contributed by atoms with Gasteiger partial charge in [0.2, 0.25) is 0 Å². The van der Waals surface area contributed by atoms with E-state index in [1.165, 1.54) is 0 Å². The molecule has 0 bridgehead atoms. The topological polar surface area (TPSA) is 44.7 Å². The van der Waals surface area contributed by atoms with Gasteiger partial charge in [0.25, 0.3) is 0 Å². The molecule has 0 amide bonds. The van der Waals surface area contributed by atoms with Crippen molar-refractivity contribution in [3.63, 3.8) is 0 Å². The van der Waals surface area contributed by atoms with Gasteiger partial charge in [-0.3, -0.25) is 4.90 Å². The number of nitrogens with zero attached hydrogens (tertiary/aromatic N) is 1. The highest BCUT2D eigenvalue weighted by molar-refractivity contribution is 5.23. The molecule has 0 saturated carbocycles. The van der Waals surface area contributed by atoms with Crippen LogP contribution in [0, 0.1) is 0 Å². The molecule has 0 aromatic heterocycles. The summed E-state index contributed by atoms with van der Waals surface area (Å²) in [5.41, 5.74) is 0.675. The van der Waals surface area contributed by atoms with Crippen molar-refractivity contribution in [2.45, 2.75) is 38.5 Å². The van der Waals surface area contributed by atoms with E-state index in [1.54, 1.807) is 0 Å². The summed E-state index contributed by atoms with van der Waals surface area (Å²) >= 11 is 0. The molecule has 0 radical (unpaired) electrons. The molecule has 1 aliphatic heterocycles. The molecule has 1 aliphatic rings. The summed E-state index contributed by atoms with van der Waals surface area (Å²) in [6.07, 6.45) is 0.177. The molecule has 4 heteroatoms. The Morgan fingerprint density at radius 2 is 2.10 bits per heavy atom.